The zero-order chi connectivity index (χ0) is 21.9. The lowest BCUT2D eigenvalue weighted by Gasteiger charge is -2.08. The molecule has 0 aliphatic carbocycles. The molecular formula is C25H18ClN3O2S. The molecule has 0 spiro atoms. The Labute approximate surface area is 193 Å². The molecule has 0 atom stereocenters. The molecule has 0 radical (unpaired) electrons. The first kappa shape index (κ1) is 20.3. The van der Waals surface area contributed by atoms with E-state index in [0.717, 1.165) is 33.3 Å². The van der Waals surface area contributed by atoms with Gasteiger partial charge in [-0.1, -0.05) is 41.9 Å². The van der Waals surface area contributed by atoms with Crippen LogP contribution in [-0.2, 0) is 11.2 Å². The van der Waals surface area contributed by atoms with Crippen molar-refractivity contribution in [3.05, 3.63) is 101 Å². The quantitative estimate of drug-likeness (QED) is 0.307. The summed E-state index contributed by atoms with van der Waals surface area (Å²) in [4.78, 5) is 18.1. The Morgan fingerprint density at radius 1 is 0.969 bits per heavy atom. The number of aromatic nitrogens is 2. The van der Waals surface area contributed by atoms with E-state index in [0.29, 0.717) is 10.8 Å². The zero-order valence-electron chi connectivity index (χ0n) is 16.9. The van der Waals surface area contributed by atoms with Crippen LogP contribution in [0, 0.1) is 0 Å². The molecule has 0 fully saturated rings. The van der Waals surface area contributed by atoms with E-state index in [1.807, 2.05) is 94.8 Å². The monoisotopic (exact) mass is 459 g/mol. The minimum absolute atomic E-state index is 0.0943. The highest BCUT2D eigenvalue weighted by atomic mass is 35.5. The molecule has 5 nitrogen and oxygen atoms in total. The van der Waals surface area contributed by atoms with E-state index in [1.54, 1.807) is 0 Å². The van der Waals surface area contributed by atoms with E-state index < -0.39 is 0 Å². The van der Waals surface area contributed by atoms with Crippen molar-refractivity contribution >= 4 is 39.5 Å². The lowest BCUT2D eigenvalue weighted by Crippen LogP contribution is -2.15. The van der Waals surface area contributed by atoms with E-state index in [-0.39, 0.29) is 12.3 Å². The van der Waals surface area contributed by atoms with E-state index >= 15 is 0 Å². The Bertz CT molecular complexity index is 1360. The smallest absolute Gasteiger partial charge is 0.230 e. The fourth-order valence-corrected chi connectivity index (χ4v) is 4.32. The molecule has 32 heavy (non-hydrogen) atoms. The van der Waals surface area contributed by atoms with Gasteiger partial charge in [-0.25, -0.2) is 4.98 Å². The van der Waals surface area contributed by atoms with Crippen LogP contribution in [0.1, 0.15) is 5.69 Å². The van der Waals surface area contributed by atoms with Gasteiger partial charge >= 0.3 is 0 Å². The van der Waals surface area contributed by atoms with Crippen molar-refractivity contribution in [2.45, 2.75) is 6.42 Å². The van der Waals surface area contributed by atoms with Gasteiger partial charge in [-0.15, -0.1) is 11.3 Å². The number of ether oxygens (including phenoxy) is 1. The number of thiazole rings is 1. The van der Waals surface area contributed by atoms with Gasteiger partial charge in [0, 0.05) is 33.5 Å². The summed E-state index contributed by atoms with van der Waals surface area (Å²) in [6.07, 6.45) is 2.20. The number of halogens is 1. The summed E-state index contributed by atoms with van der Waals surface area (Å²) in [6, 6.07) is 24.5. The number of rotatable bonds is 6. The molecular weight excluding hydrogens is 442 g/mol. The highest BCUT2D eigenvalue weighted by molar-refractivity contribution is 7.15. The van der Waals surface area contributed by atoms with E-state index in [2.05, 4.69) is 10.3 Å². The molecule has 0 bridgehead atoms. The number of fused-ring (bicyclic) bond motifs is 1. The number of nitrogens with one attached hydrogen (secondary N) is 1. The Hall–Kier alpha value is -3.61. The molecule has 158 valence electrons. The lowest BCUT2D eigenvalue weighted by molar-refractivity contribution is -0.115. The number of para-hydroxylation sites is 1. The summed E-state index contributed by atoms with van der Waals surface area (Å²) < 4.78 is 7.75. The predicted octanol–water partition coefficient (Wildman–Crippen LogP) is 6.69. The average Bonchev–Trinajstić information content (AvgIpc) is 3.38. The molecule has 0 saturated heterocycles. The Morgan fingerprint density at radius 3 is 2.44 bits per heavy atom. The number of carbonyl (C=O) groups is 1. The molecule has 5 rings (SSSR count). The molecule has 5 aromatic rings. The van der Waals surface area contributed by atoms with Gasteiger partial charge in [0.15, 0.2) is 4.96 Å². The maximum absolute atomic E-state index is 12.6. The second-order valence-electron chi connectivity index (χ2n) is 7.18. The van der Waals surface area contributed by atoms with E-state index in [4.69, 9.17) is 16.3 Å². The van der Waals surface area contributed by atoms with Gasteiger partial charge in [-0.05, 0) is 48.5 Å². The van der Waals surface area contributed by atoms with Gasteiger partial charge in [0.1, 0.15) is 11.5 Å². The summed E-state index contributed by atoms with van der Waals surface area (Å²) in [5.41, 5.74) is 3.44. The van der Waals surface area contributed by atoms with Crippen molar-refractivity contribution in [3.8, 4) is 22.8 Å². The summed E-state index contributed by atoms with van der Waals surface area (Å²) in [7, 11) is 0. The maximum atomic E-state index is 12.6. The number of hydrogen-bond acceptors (Lipinski definition) is 4. The highest BCUT2D eigenvalue weighted by Crippen LogP contribution is 2.26. The van der Waals surface area contributed by atoms with Crippen LogP contribution < -0.4 is 10.1 Å². The van der Waals surface area contributed by atoms with E-state index in [1.165, 1.54) is 11.3 Å². The SMILES string of the molecule is O=C(Cc1csc2nc(-c3ccc(Cl)cc3)cn12)Nc1ccc(Oc2ccccc2)cc1. The van der Waals surface area contributed by atoms with Crippen LogP contribution >= 0.6 is 22.9 Å². The fourth-order valence-electron chi connectivity index (χ4n) is 3.32. The summed E-state index contributed by atoms with van der Waals surface area (Å²) in [5.74, 6) is 1.38. The summed E-state index contributed by atoms with van der Waals surface area (Å²) in [6.45, 7) is 0. The molecule has 3 aromatic carbocycles. The van der Waals surface area contributed by atoms with Crippen molar-refractivity contribution in [1.82, 2.24) is 9.38 Å². The summed E-state index contributed by atoms with van der Waals surface area (Å²) in [5, 5.41) is 5.59. The van der Waals surface area contributed by atoms with E-state index in [9.17, 15) is 4.79 Å². The van der Waals surface area contributed by atoms with Crippen molar-refractivity contribution in [2.24, 2.45) is 0 Å². The number of imidazole rings is 1. The molecule has 0 aliphatic heterocycles. The molecule has 7 heteroatoms. The fraction of sp³-hybridized carbons (Fsp3) is 0.0400. The molecule has 2 aromatic heterocycles. The number of anilines is 1. The first-order valence-electron chi connectivity index (χ1n) is 9.98. The zero-order valence-corrected chi connectivity index (χ0v) is 18.4. The molecule has 0 unspecified atom stereocenters. The van der Waals surface area contributed by atoms with Crippen molar-refractivity contribution < 1.29 is 9.53 Å². The summed E-state index contributed by atoms with van der Waals surface area (Å²) >= 11 is 7.49. The third kappa shape index (κ3) is 4.51. The molecule has 0 saturated carbocycles. The van der Waals surface area contributed by atoms with Gasteiger partial charge in [0.25, 0.3) is 0 Å². The number of hydrogen-bond donors (Lipinski definition) is 1. The van der Waals surface area contributed by atoms with Crippen molar-refractivity contribution in [1.29, 1.82) is 0 Å². The second-order valence-corrected chi connectivity index (χ2v) is 8.45. The normalized spacial score (nSPS) is 10.9. The van der Waals surface area contributed by atoms with Crippen LogP contribution in [0.2, 0.25) is 5.02 Å². The Morgan fingerprint density at radius 2 is 1.69 bits per heavy atom. The second kappa shape index (κ2) is 8.86. The third-order valence-electron chi connectivity index (χ3n) is 4.88. The van der Waals surface area contributed by atoms with Crippen LogP contribution in [0.4, 0.5) is 5.69 Å². The number of benzene rings is 3. The van der Waals surface area contributed by atoms with Crippen LogP contribution in [-0.4, -0.2) is 15.3 Å². The molecule has 0 aliphatic rings. The van der Waals surface area contributed by atoms with Gasteiger partial charge in [-0.2, -0.15) is 0 Å². The Kier molecular flexibility index (Phi) is 5.62. The number of amides is 1. The predicted molar refractivity (Wildman–Crippen MR) is 129 cm³/mol. The van der Waals surface area contributed by atoms with Gasteiger partial charge in [0.05, 0.1) is 12.1 Å². The van der Waals surface area contributed by atoms with Gasteiger partial charge in [-0.3, -0.25) is 9.20 Å². The van der Waals surface area contributed by atoms with Gasteiger partial charge in [0.2, 0.25) is 5.91 Å². The standard InChI is InChI=1S/C25H18ClN3O2S/c26-18-8-6-17(7-9-18)23-15-29-20(16-32-25(29)28-23)14-24(30)27-19-10-12-22(13-11-19)31-21-4-2-1-3-5-21/h1-13,15-16H,14H2,(H,27,30). The lowest BCUT2D eigenvalue weighted by atomic mass is 10.2. The molecule has 2 heterocycles. The minimum atomic E-state index is -0.0943. The molecule has 1 N–H and O–H groups in total. The maximum Gasteiger partial charge on any atom is 0.230 e. The van der Waals surface area contributed by atoms with Crippen molar-refractivity contribution in [2.75, 3.05) is 5.32 Å². The first-order valence-corrected chi connectivity index (χ1v) is 11.2. The topological polar surface area (TPSA) is 55.6 Å². The minimum Gasteiger partial charge on any atom is -0.457 e. The Balaban J connectivity index is 1.25. The number of carbonyl (C=O) groups excluding carboxylic acids is 1. The highest BCUT2D eigenvalue weighted by Gasteiger charge is 2.13. The van der Waals surface area contributed by atoms with Gasteiger partial charge < -0.3 is 10.1 Å². The molecule has 1 amide bonds. The van der Waals surface area contributed by atoms with Crippen LogP contribution in [0.15, 0.2) is 90.4 Å². The van der Waals surface area contributed by atoms with Crippen LogP contribution in [0.5, 0.6) is 11.5 Å². The van der Waals surface area contributed by atoms with Crippen LogP contribution in [0.3, 0.4) is 0 Å². The van der Waals surface area contributed by atoms with Crippen molar-refractivity contribution in [3.63, 3.8) is 0 Å². The number of nitrogens with zero attached hydrogens (tertiary/aromatic N) is 2. The first-order chi connectivity index (χ1) is 15.6. The third-order valence-corrected chi connectivity index (χ3v) is 6.02. The van der Waals surface area contributed by atoms with Crippen LogP contribution in [0.25, 0.3) is 16.2 Å². The largest absolute Gasteiger partial charge is 0.457 e. The average molecular weight is 460 g/mol.